The highest BCUT2D eigenvalue weighted by molar-refractivity contribution is 7.91. The van der Waals surface area contributed by atoms with E-state index in [9.17, 15) is 8.42 Å². The van der Waals surface area contributed by atoms with Crippen molar-refractivity contribution in [2.75, 3.05) is 37.9 Å². The summed E-state index contributed by atoms with van der Waals surface area (Å²) in [4.78, 5) is 4.69. The molecule has 0 amide bonds. The summed E-state index contributed by atoms with van der Waals surface area (Å²) in [6.45, 7) is 5.15. The second-order valence-corrected chi connectivity index (χ2v) is 7.93. The molecule has 0 saturated heterocycles. The molecule has 0 unspecified atom stereocenters. The standard InChI is InChI=1S/C20H27N3O4S/c1-4-21-20(22-13-14-28(24,25)17-9-7-6-8-10-17)23-16-11-12-18(26-3)19(15-16)27-5-2/h6-12,15H,4-5,13-14H2,1-3H3,(H2,21,22,23). The third-order valence-electron chi connectivity index (χ3n) is 3.80. The fraction of sp³-hybridized carbons (Fsp3) is 0.350. The van der Waals surface area contributed by atoms with Crippen molar-refractivity contribution < 1.29 is 17.9 Å². The number of nitrogens with one attached hydrogen (secondary N) is 2. The molecule has 0 aliphatic rings. The van der Waals surface area contributed by atoms with Crippen LogP contribution in [0.15, 0.2) is 58.4 Å². The molecule has 0 radical (unpaired) electrons. The van der Waals surface area contributed by atoms with Crippen molar-refractivity contribution in [3.63, 3.8) is 0 Å². The van der Waals surface area contributed by atoms with Crippen LogP contribution in [0, 0.1) is 0 Å². The van der Waals surface area contributed by atoms with Gasteiger partial charge in [0, 0.05) is 18.3 Å². The molecule has 0 heterocycles. The molecule has 28 heavy (non-hydrogen) atoms. The van der Waals surface area contributed by atoms with Crippen LogP contribution in [0.25, 0.3) is 0 Å². The molecule has 0 bridgehead atoms. The Morgan fingerprint density at radius 2 is 1.82 bits per heavy atom. The largest absolute Gasteiger partial charge is 0.493 e. The molecule has 2 rings (SSSR count). The van der Waals surface area contributed by atoms with E-state index >= 15 is 0 Å². The van der Waals surface area contributed by atoms with Gasteiger partial charge in [-0.15, -0.1) is 0 Å². The topological polar surface area (TPSA) is 89.0 Å². The zero-order valence-electron chi connectivity index (χ0n) is 16.4. The second kappa shape index (κ2) is 10.6. The van der Waals surface area contributed by atoms with Crippen LogP contribution >= 0.6 is 0 Å². The molecule has 0 saturated carbocycles. The Morgan fingerprint density at radius 1 is 1.07 bits per heavy atom. The number of ether oxygens (including phenoxy) is 2. The third kappa shape index (κ3) is 6.16. The van der Waals surface area contributed by atoms with Crippen LogP contribution in [0.3, 0.4) is 0 Å². The Morgan fingerprint density at radius 3 is 2.46 bits per heavy atom. The number of hydrogen-bond donors (Lipinski definition) is 2. The Hall–Kier alpha value is -2.74. The lowest BCUT2D eigenvalue weighted by Crippen LogP contribution is -2.31. The summed E-state index contributed by atoms with van der Waals surface area (Å²) in [6, 6.07) is 13.9. The lowest BCUT2D eigenvalue weighted by atomic mass is 10.2. The van der Waals surface area contributed by atoms with Crippen LogP contribution in [-0.4, -0.2) is 46.9 Å². The number of rotatable bonds is 9. The third-order valence-corrected chi connectivity index (χ3v) is 5.51. The Kier molecular flexibility index (Phi) is 8.13. The van der Waals surface area contributed by atoms with Gasteiger partial charge in [0.2, 0.25) is 0 Å². The van der Waals surface area contributed by atoms with E-state index in [1.165, 1.54) is 0 Å². The number of guanidine groups is 1. The van der Waals surface area contributed by atoms with Gasteiger partial charge in [0.15, 0.2) is 27.3 Å². The molecular weight excluding hydrogens is 378 g/mol. The van der Waals surface area contributed by atoms with Crippen molar-refractivity contribution in [3.8, 4) is 11.5 Å². The molecule has 2 aromatic carbocycles. The minimum atomic E-state index is -3.37. The molecule has 2 aromatic rings. The van der Waals surface area contributed by atoms with Gasteiger partial charge in [-0.25, -0.2) is 8.42 Å². The summed E-state index contributed by atoms with van der Waals surface area (Å²) in [5, 5.41) is 6.27. The van der Waals surface area contributed by atoms with Crippen molar-refractivity contribution in [3.05, 3.63) is 48.5 Å². The number of hydrogen-bond acceptors (Lipinski definition) is 5. The molecule has 7 nitrogen and oxygen atoms in total. The maximum Gasteiger partial charge on any atom is 0.195 e. The predicted molar refractivity (Wildman–Crippen MR) is 112 cm³/mol. The Labute approximate surface area is 166 Å². The summed E-state index contributed by atoms with van der Waals surface area (Å²) in [7, 11) is -1.78. The minimum absolute atomic E-state index is 0.0691. The van der Waals surface area contributed by atoms with Gasteiger partial charge in [0.1, 0.15) is 0 Å². The molecule has 0 aliphatic carbocycles. The maximum absolute atomic E-state index is 12.4. The van der Waals surface area contributed by atoms with E-state index < -0.39 is 9.84 Å². The summed E-state index contributed by atoms with van der Waals surface area (Å²) < 4.78 is 35.6. The number of aliphatic imine (C=N–C) groups is 1. The van der Waals surface area contributed by atoms with E-state index in [0.29, 0.717) is 35.5 Å². The van der Waals surface area contributed by atoms with Gasteiger partial charge in [0.25, 0.3) is 0 Å². The van der Waals surface area contributed by atoms with Crippen LogP contribution in [-0.2, 0) is 9.84 Å². The zero-order chi connectivity index (χ0) is 20.4. The SMILES string of the molecule is CCNC(=NCCS(=O)(=O)c1ccccc1)Nc1ccc(OC)c(OCC)c1. The van der Waals surface area contributed by atoms with Gasteiger partial charge in [-0.1, -0.05) is 18.2 Å². The van der Waals surface area contributed by atoms with E-state index in [-0.39, 0.29) is 12.3 Å². The molecule has 0 spiro atoms. The molecule has 2 N–H and O–H groups in total. The smallest absolute Gasteiger partial charge is 0.195 e. The first-order chi connectivity index (χ1) is 13.5. The van der Waals surface area contributed by atoms with Crippen molar-refractivity contribution in [1.82, 2.24) is 5.32 Å². The molecule has 0 fully saturated rings. The number of methoxy groups -OCH3 is 1. The average Bonchev–Trinajstić information content (AvgIpc) is 2.69. The Bertz CT molecular complexity index is 884. The lowest BCUT2D eigenvalue weighted by Gasteiger charge is -2.14. The van der Waals surface area contributed by atoms with E-state index in [0.717, 1.165) is 5.69 Å². The monoisotopic (exact) mass is 405 g/mol. The fourth-order valence-electron chi connectivity index (χ4n) is 2.49. The maximum atomic E-state index is 12.4. The van der Waals surface area contributed by atoms with Crippen LogP contribution in [0.2, 0.25) is 0 Å². The highest BCUT2D eigenvalue weighted by Gasteiger charge is 2.13. The molecule has 0 atom stereocenters. The normalized spacial score (nSPS) is 11.8. The fourth-order valence-corrected chi connectivity index (χ4v) is 3.63. The first-order valence-corrected chi connectivity index (χ1v) is 10.8. The molecule has 8 heteroatoms. The summed E-state index contributed by atoms with van der Waals surface area (Å²) in [6.07, 6.45) is 0. The predicted octanol–water partition coefficient (Wildman–Crippen LogP) is 2.95. The summed E-state index contributed by atoms with van der Waals surface area (Å²) in [5.41, 5.74) is 0.759. The van der Waals surface area contributed by atoms with Gasteiger partial charge >= 0.3 is 0 Å². The molecular formula is C20H27N3O4S. The van der Waals surface area contributed by atoms with E-state index in [1.54, 1.807) is 43.5 Å². The highest BCUT2D eigenvalue weighted by Crippen LogP contribution is 2.30. The van der Waals surface area contributed by atoms with Gasteiger partial charge in [-0.3, -0.25) is 4.99 Å². The minimum Gasteiger partial charge on any atom is -0.493 e. The lowest BCUT2D eigenvalue weighted by molar-refractivity contribution is 0.311. The number of benzene rings is 2. The van der Waals surface area contributed by atoms with Gasteiger partial charge in [-0.05, 0) is 38.1 Å². The zero-order valence-corrected chi connectivity index (χ0v) is 17.3. The van der Waals surface area contributed by atoms with Crippen LogP contribution in [0.1, 0.15) is 13.8 Å². The van der Waals surface area contributed by atoms with Crippen LogP contribution < -0.4 is 20.1 Å². The molecule has 0 aromatic heterocycles. The van der Waals surface area contributed by atoms with Crippen molar-refractivity contribution in [1.29, 1.82) is 0 Å². The van der Waals surface area contributed by atoms with E-state index in [4.69, 9.17) is 9.47 Å². The summed E-state index contributed by atoms with van der Waals surface area (Å²) in [5.74, 6) is 1.69. The average molecular weight is 406 g/mol. The highest BCUT2D eigenvalue weighted by atomic mass is 32.2. The van der Waals surface area contributed by atoms with Gasteiger partial charge < -0.3 is 20.1 Å². The van der Waals surface area contributed by atoms with Crippen LogP contribution in [0.4, 0.5) is 5.69 Å². The van der Waals surface area contributed by atoms with Gasteiger partial charge in [-0.2, -0.15) is 0 Å². The number of nitrogens with zero attached hydrogens (tertiary/aromatic N) is 1. The first-order valence-electron chi connectivity index (χ1n) is 9.14. The van der Waals surface area contributed by atoms with Crippen molar-refractivity contribution >= 4 is 21.5 Å². The van der Waals surface area contributed by atoms with Crippen LogP contribution in [0.5, 0.6) is 11.5 Å². The molecule has 0 aliphatic heterocycles. The number of sulfone groups is 1. The second-order valence-electron chi connectivity index (χ2n) is 5.82. The summed E-state index contributed by atoms with van der Waals surface area (Å²) >= 11 is 0. The Balaban J connectivity index is 2.09. The number of anilines is 1. The molecule has 152 valence electrons. The van der Waals surface area contributed by atoms with Crippen molar-refractivity contribution in [2.45, 2.75) is 18.7 Å². The van der Waals surface area contributed by atoms with Gasteiger partial charge in [0.05, 0.1) is 30.9 Å². The van der Waals surface area contributed by atoms with E-state index in [2.05, 4.69) is 15.6 Å². The van der Waals surface area contributed by atoms with E-state index in [1.807, 2.05) is 26.0 Å². The first kappa shape index (κ1) is 21.6. The van der Waals surface area contributed by atoms with Crippen molar-refractivity contribution in [2.24, 2.45) is 4.99 Å². The quantitative estimate of drug-likeness (QED) is 0.493.